The van der Waals surface area contributed by atoms with Gasteiger partial charge in [0, 0.05) is 25.6 Å². The quantitative estimate of drug-likeness (QED) is 0.826. The van der Waals surface area contributed by atoms with Gasteiger partial charge in [-0.15, -0.1) is 0 Å². The predicted molar refractivity (Wildman–Crippen MR) is 101 cm³/mol. The maximum atomic E-state index is 5.59. The van der Waals surface area contributed by atoms with Gasteiger partial charge in [-0.25, -0.2) is 0 Å². The SMILES string of the molecule is COc1cccc(CCN2C[C@@H]3CCc4c(OC)cccc4[C@@H]3C2)c1. The standard InChI is InChI=1S/C22H27NO2/c1-24-18-6-3-5-16(13-18)11-12-23-14-17-9-10-20-19(21(17)15-23)7-4-8-22(20)25-2/h3-8,13,17,21H,9-12,14-15H2,1-2H3/t17-,21+/m0/s1. The minimum absolute atomic E-state index is 0.671. The van der Waals surface area contributed by atoms with E-state index in [9.17, 15) is 0 Å². The third-order valence-corrected chi connectivity index (χ3v) is 5.92. The summed E-state index contributed by atoms with van der Waals surface area (Å²) in [4.78, 5) is 2.64. The van der Waals surface area contributed by atoms with Crippen molar-refractivity contribution >= 4 is 0 Å². The van der Waals surface area contributed by atoms with Crippen LogP contribution < -0.4 is 9.47 Å². The van der Waals surface area contributed by atoms with Crippen LogP contribution in [0.2, 0.25) is 0 Å². The highest BCUT2D eigenvalue weighted by atomic mass is 16.5. The van der Waals surface area contributed by atoms with Crippen LogP contribution >= 0.6 is 0 Å². The first-order valence-corrected chi connectivity index (χ1v) is 9.29. The van der Waals surface area contributed by atoms with Crippen LogP contribution in [0.4, 0.5) is 0 Å². The minimum Gasteiger partial charge on any atom is -0.497 e. The van der Waals surface area contributed by atoms with Crippen LogP contribution in [0.1, 0.15) is 29.0 Å². The zero-order valence-electron chi connectivity index (χ0n) is 15.2. The molecule has 1 saturated heterocycles. The van der Waals surface area contributed by atoms with E-state index in [1.54, 1.807) is 14.2 Å². The molecular weight excluding hydrogens is 310 g/mol. The topological polar surface area (TPSA) is 21.7 Å². The molecule has 4 rings (SSSR count). The van der Waals surface area contributed by atoms with Crippen molar-refractivity contribution < 1.29 is 9.47 Å². The summed E-state index contributed by atoms with van der Waals surface area (Å²) in [7, 11) is 3.52. The Morgan fingerprint density at radius 3 is 2.76 bits per heavy atom. The normalized spacial score (nSPS) is 22.3. The summed E-state index contributed by atoms with van der Waals surface area (Å²) >= 11 is 0. The molecule has 0 N–H and O–H groups in total. The second-order valence-corrected chi connectivity index (χ2v) is 7.29. The van der Waals surface area contributed by atoms with Gasteiger partial charge in [0.15, 0.2) is 0 Å². The summed E-state index contributed by atoms with van der Waals surface area (Å²) < 4.78 is 10.9. The van der Waals surface area contributed by atoms with E-state index in [2.05, 4.69) is 41.3 Å². The number of hydrogen-bond acceptors (Lipinski definition) is 3. The smallest absolute Gasteiger partial charge is 0.122 e. The van der Waals surface area contributed by atoms with E-state index in [0.717, 1.165) is 36.8 Å². The number of rotatable bonds is 5. The molecule has 132 valence electrons. The van der Waals surface area contributed by atoms with Gasteiger partial charge in [0.05, 0.1) is 14.2 Å². The van der Waals surface area contributed by atoms with Gasteiger partial charge in [-0.2, -0.15) is 0 Å². The predicted octanol–water partition coefficient (Wildman–Crippen LogP) is 3.91. The fourth-order valence-electron chi connectivity index (χ4n) is 4.62. The van der Waals surface area contributed by atoms with E-state index >= 15 is 0 Å². The van der Waals surface area contributed by atoms with E-state index in [4.69, 9.17) is 9.47 Å². The molecule has 1 aliphatic heterocycles. The summed E-state index contributed by atoms with van der Waals surface area (Å²) in [6, 6.07) is 15.0. The van der Waals surface area contributed by atoms with Gasteiger partial charge in [-0.05, 0) is 60.1 Å². The van der Waals surface area contributed by atoms with Crippen molar-refractivity contribution in [3.8, 4) is 11.5 Å². The first-order chi connectivity index (χ1) is 12.3. The van der Waals surface area contributed by atoms with Gasteiger partial charge in [0.25, 0.3) is 0 Å². The monoisotopic (exact) mass is 337 g/mol. The first-order valence-electron chi connectivity index (χ1n) is 9.29. The fraction of sp³-hybridized carbons (Fsp3) is 0.455. The number of hydrogen-bond donors (Lipinski definition) is 0. The lowest BCUT2D eigenvalue weighted by Gasteiger charge is -2.28. The molecule has 1 fully saturated rings. The highest BCUT2D eigenvalue weighted by Crippen LogP contribution is 2.44. The molecule has 2 atom stereocenters. The lowest BCUT2D eigenvalue weighted by molar-refractivity contribution is 0.324. The third kappa shape index (κ3) is 3.25. The average Bonchev–Trinajstić information content (AvgIpc) is 3.09. The molecule has 3 nitrogen and oxygen atoms in total. The highest BCUT2D eigenvalue weighted by Gasteiger charge is 2.37. The molecule has 1 heterocycles. The van der Waals surface area contributed by atoms with Crippen LogP contribution in [0.15, 0.2) is 42.5 Å². The van der Waals surface area contributed by atoms with Crippen molar-refractivity contribution in [2.24, 2.45) is 5.92 Å². The van der Waals surface area contributed by atoms with Gasteiger partial charge < -0.3 is 14.4 Å². The van der Waals surface area contributed by atoms with Gasteiger partial charge in [-0.3, -0.25) is 0 Å². The zero-order valence-corrected chi connectivity index (χ0v) is 15.2. The van der Waals surface area contributed by atoms with Crippen molar-refractivity contribution in [3.05, 3.63) is 59.2 Å². The highest BCUT2D eigenvalue weighted by molar-refractivity contribution is 5.45. The Kier molecular flexibility index (Phi) is 4.67. The molecule has 1 aliphatic carbocycles. The van der Waals surface area contributed by atoms with E-state index in [-0.39, 0.29) is 0 Å². The maximum Gasteiger partial charge on any atom is 0.122 e. The molecule has 0 radical (unpaired) electrons. The second-order valence-electron chi connectivity index (χ2n) is 7.29. The van der Waals surface area contributed by atoms with Crippen LogP contribution in [-0.2, 0) is 12.8 Å². The number of fused-ring (bicyclic) bond motifs is 3. The summed E-state index contributed by atoms with van der Waals surface area (Å²) in [6.07, 6.45) is 3.53. The Morgan fingerprint density at radius 1 is 1.04 bits per heavy atom. The lowest BCUT2D eigenvalue weighted by atomic mass is 9.77. The van der Waals surface area contributed by atoms with Gasteiger partial charge >= 0.3 is 0 Å². The number of methoxy groups -OCH3 is 2. The van der Waals surface area contributed by atoms with Crippen LogP contribution in [-0.4, -0.2) is 38.8 Å². The Balaban J connectivity index is 1.44. The van der Waals surface area contributed by atoms with Gasteiger partial charge in [0.1, 0.15) is 11.5 Å². The van der Waals surface area contributed by atoms with Gasteiger partial charge in [-0.1, -0.05) is 24.3 Å². The third-order valence-electron chi connectivity index (χ3n) is 5.92. The Labute approximate surface area is 150 Å². The first kappa shape index (κ1) is 16.5. The van der Waals surface area contributed by atoms with Crippen molar-refractivity contribution in [2.45, 2.75) is 25.2 Å². The summed E-state index contributed by atoms with van der Waals surface area (Å²) in [5, 5.41) is 0. The summed E-state index contributed by atoms with van der Waals surface area (Å²) in [6.45, 7) is 3.53. The van der Waals surface area contributed by atoms with Crippen molar-refractivity contribution in [2.75, 3.05) is 33.9 Å². The Hall–Kier alpha value is -2.00. The zero-order chi connectivity index (χ0) is 17.2. The summed E-state index contributed by atoms with van der Waals surface area (Å²) in [5.41, 5.74) is 4.33. The van der Waals surface area contributed by atoms with Crippen LogP contribution in [0, 0.1) is 5.92 Å². The van der Waals surface area contributed by atoms with Crippen molar-refractivity contribution in [3.63, 3.8) is 0 Å². The number of likely N-dealkylation sites (tertiary alicyclic amines) is 1. The number of ether oxygens (including phenoxy) is 2. The molecule has 3 heteroatoms. The van der Waals surface area contributed by atoms with Crippen LogP contribution in [0.3, 0.4) is 0 Å². The van der Waals surface area contributed by atoms with E-state index in [1.807, 2.05) is 6.07 Å². The molecule has 25 heavy (non-hydrogen) atoms. The lowest BCUT2D eigenvalue weighted by Crippen LogP contribution is -2.23. The molecular formula is C22H27NO2. The van der Waals surface area contributed by atoms with Gasteiger partial charge in [0.2, 0.25) is 0 Å². The molecule has 2 aromatic carbocycles. The van der Waals surface area contributed by atoms with Crippen molar-refractivity contribution in [1.29, 1.82) is 0 Å². The molecule has 2 aromatic rings. The van der Waals surface area contributed by atoms with Crippen LogP contribution in [0.25, 0.3) is 0 Å². The molecule has 0 amide bonds. The molecule has 0 unspecified atom stereocenters. The fourth-order valence-corrected chi connectivity index (χ4v) is 4.62. The maximum absolute atomic E-state index is 5.59. The van der Waals surface area contributed by atoms with E-state index in [0.29, 0.717) is 5.92 Å². The molecule has 2 aliphatic rings. The number of nitrogens with zero attached hydrogens (tertiary/aromatic N) is 1. The van der Waals surface area contributed by atoms with E-state index in [1.165, 1.54) is 36.2 Å². The summed E-state index contributed by atoms with van der Waals surface area (Å²) in [5.74, 6) is 3.49. The second kappa shape index (κ2) is 7.09. The molecule has 0 saturated carbocycles. The van der Waals surface area contributed by atoms with Crippen molar-refractivity contribution in [1.82, 2.24) is 4.90 Å². The Morgan fingerprint density at radius 2 is 1.92 bits per heavy atom. The largest absolute Gasteiger partial charge is 0.497 e. The molecule has 0 bridgehead atoms. The Bertz CT molecular complexity index is 743. The van der Waals surface area contributed by atoms with Crippen LogP contribution in [0.5, 0.6) is 11.5 Å². The minimum atomic E-state index is 0.671. The molecule has 0 spiro atoms. The van der Waals surface area contributed by atoms with E-state index < -0.39 is 0 Å². The average molecular weight is 337 g/mol. The molecule has 0 aromatic heterocycles. The number of benzene rings is 2.